The lowest BCUT2D eigenvalue weighted by molar-refractivity contribution is 0.317. The van der Waals surface area contributed by atoms with Gasteiger partial charge in [-0.2, -0.15) is 0 Å². The summed E-state index contributed by atoms with van der Waals surface area (Å²) in [6.07, 6.45) is 1.55. The number of sulfone groups is 1. The maximum Gasteiger partial charge on any atom is 0.261 e. The second-order valence-corrected chi connectivity index (χ2v) is 9.42. The lowest BCUT2D eigenvalue weighted by Gasteiger charge is -2.11. The molecule has 0 unspecified atom stereocenters. The van der Waals surface area contributed by atoms with Crippen LogP contribution in [0.2, 0.25) is 0 Å². The highest BCUT2D eigenvalue weighted by Gasteiger charge is 2.17. The third-order valence-electron chi connectivity index (χ3n) is 2.61. The number of hydrogen-bond donors (Lipinski definition) is 0. The fourth-order valence-corrected chi connectivity index (χ4v) is 4.15. The predicted octanol–water partition coefficient (Wildman–Crippen LogP) is 2.04. The van der Waals surface area contributed by atoms with Crippen LogP contribution in [-0.4, -0.2) is 35.5 Å². The van der Waals surface area contributed by atoms with Gasteiger partial charge in [0.15, 0.2) is 0 Å². The molecule has 1 aromatic rings. The molecule has 0 radical (unpaired) electrons. The molecule has 5 nitrogen and oxygen atoms in total. The Hall–Kier alpha value is -0.790. The fraction of sp³-hybridized carbons (Fsp3) is 0.500. The highest BCUT2D eigenvalue weighted by Crippen LogP contribution is 2.28. The molecular formula is C12H17ClO5S2. The van der Waals surface area contributed by atoms with Gasteiger partial charge in [-0.3, -0.25) is 0 Å². The van der Waals surface area contributed by atoms with Gasteiger partial charge in [0.25, 0.3) is 9.05 Å². The first kappa shape index (κ1) is 17.3. The molecule has 0 aliphatic heterocycles. The van der Waals surface area contributed by atoms with Gasteiger partial charge in [0, 0.05) is 16.9 Å². The van der Waals surface area contributed by atoms with E-state index in [2.05, 4.69) is 0 Å². The maximum absolute atomic E-state index is 11.4. The Morgan fingerprint density at radius 1 is 1.10 bits per heavy atom. The molecule has 0 aliphatic rings. The van der Waals surface area contributed by atoms with Gasteiger partial charge in [0.2, 0.25) is 0 Å². The molecule has 20 heavy (non-hydrogen) atoms. The molecule has 0 atom stereocenters. The molecule has 0 heterocycles. The molecule has 0 aliphatic carbocycles. The van der Waals surface area contributed by atoms with Gasteiger partial charge in [0.1, 0.15) is 15.6 Å². The van der Waals surface area contributed by atoms with Crippen molar-refractivity contribution in [1.29, 1.82) is 0 Å². The summed E-state index contributed by atoms with van der Waals surface area (Å²) in [5.74, 6) is 0.552. The van der Waals surface area contributed by atoms with E-state index in [4.69, 9.17) is 15.4 Å². The van der Waals surface area contributed by atoms with Crippen molar-refractivity contribution in [2.24, 2.45) is 0 Å². The summed E-state index contributed by atoms with van der Waals surface area (Å²) in [5.41, 5.74) is 0.997. The Balaban J connectivity index is 2.80. The molecule has 0 amide bonds. The van der Waals surface area contributed by atoms with Crippen molar-refractivity contribution in [2.75, 3.05) is 18.6 Å². The molecule has 1 rings (SSSR count). The van der Waals surface area contributed by atoms with Gasteiger partial charge in [-0.05, 0) is 43.5 Å². The van der Waals surface area contributed by atoms with Crippen LogP contribution in [0.5, 0.6) is 5.75 Å². The minimum Gasteiger partial charge on any atom is -0.494 e. The van der Waals surface area contributed by atoms with Crippen LogP contribution < -0.4 is 4.74 Å². The number of rotatable bonds is 6. The van der Waals surface area contributed by atoms with Crippen LogP contribution in [0, 0.1) is 13.8 Å². The van der Waals surface area contributed by atoms with Crippen LogP contribution in [0.25, 0.3) is 0 Å². The van der Waals surface area contributed by atoms with Crippen LogP contribution in [0.3, 0.4) is 0 Å². The molecule has 8 heteroatoms. The van der Waals surface area contributed by atoms with Gasteiger partial charge < -0.3 is 4.74 Å². The first-order chi connectivity index (χ1) is 9.00. The van der Waals surface area contributed by atoms with Gasteiger partial charge >= 0.3 is 0 Å². The third kappa shape index (κ3) is 5.30. The smallest absolute Gasteiger partial charge is 0.261 e. The second kappa shape index (κ2) is 6.32. The SMILES string of the molecule is Cc1cc(OCCCS(C)(=O)=O)cc(C)c1S(=O)(=O)Cl. The first-order valence-electron chi connectivity index (χ1n) is 5.87. The zero-order valence-corrected chi connectivity index (χ0v) is 13.9. The molecule has 0 saturated carbocycles. The van der Waals surface area contributed by atoms with E-state index in [9.17, 15) is 16.8 Å². The van der Waals surface area contributed by atoms with Gasteiger partial charge in [-0.25, -0.2) is 16.8 Å². The minimum absolute atomic E-state index is 0.0547. The van der Waals surface area contributed by atoms with E-state index >= 15 is 0 Å². The molecule has 0 saturated heterocycles. The van der Waals surface area contributed by atoms with E-state index in [-0.39, 0.29) is 17.3 Å². The van der Waals surface area contributed by atoms with Crippen LogP contribution in [0.1, 0.15) is 17.5 Å². The van der Waals surface area contributed by atoms with Gasteiger partial charge in [0.05, 0.1) is 17.3 Å². The largest absolute Gasteiger partial charge is 0.494 e. The highest BCUT2D eigenvalue weighted by molar-refractivity contribution is 8.13. The average molecular weight is 341 g/mol. The normalized spacial score (nSPS) is 12.4. The van der Waals surface area contributed by atoms with Crippen molar-refractivity contribution in [2.45, 2.75) is 25.2 Å². The molecule has 0 fully saturated rings. The monoisotopic (exact) mass is 340 g/mol. The molecule has 114 valence electrons. The Morgan fingerprint density at radius 3 is 2.00 bits per heavy atom. The summed E-state index contributed by atoms with van der Waals surface area (Å²) >= 11 is 0. The number of aryl methyl sites for hydroxylation is 2. The minimum atomic E-state index is -3.79. The maximum atomic E-state index is 11.4. The van der Waals surface area contributed by atoms with Crippen molar-refractivity contribution < 1.29 is 21.6 Å². The van der Waals surface area contributed by atoms with Gasteiger partial charge in [-0.1, -0.05) is 0 Å². The highest BCUT2D eigenvalue weighted by atomic mass is 35.7. The van der Waals surface area contributed by atoms with Crippen molar-refractivity contribution in [1.82, 2.24) is 0 Å². The van der Waals surface area contributed by atoms with E-state index in [1.165, 1.54) is 6.26 Å². The summed E-state index contributed by atoms with van der Waals surface area (Å²) in [7, 11) is -1.42. The molecule has 0 spiro atoms. The van der Waals surface area contributed by atoms with Crippen LogP contribution in [0.15, 0.2) is 17.0 Å². The molecule has 1 aromatic carbocycles. The number of halogens is 1. The van der Waals surface area contributed by atoms with E-state index in [0.29, 0.717) is 23.3 Å². The van der Waals surface area contributed by atoms with E-state index < -0.39 is 18.9 Å². The van der Waals surface area contributed by atoms with E-state index in [0.717, 1.165) is 0 Å². The van der Waals surface area contributed by atoms with Crippen LogP contribution in [0.4, 0.5) is 0 Å². The summed E-state index contributed by atoms with van der Waals surface area (Å²) < 4.78 is 50.2. The molecule has 0 bridgehead atoms. The number of hydrogen-bond acceptors (Lipinski definition) is 5. The molecule has 0 aromatic heterocycles. The Bertz CT molecular complexity index is 670. The summed E-state index contributed by atoms with van der Waals surface area (Å²) in [5, 5.41) is 0. The average Bonchev–Trinajstić information content (AvgIpc) is 2.20. The molecule has 0 N–H and O–H groups in total. The number of ether oxygens (including phenoxy) is 1. The quantitative estimate of drug-likeness (QED) is 0.585. The lowest BCUT2D eigenvalue weighted by Crippen LogP contribution is -2.08. The van der Waals surface area contributed by atoms with Crippen molar-refractivity contribution in [3.63, 3.8) is 0 Å². The summed E-state index contributed by atoms with van der Waals surface area (Å²) in [4.78, 5) is 0.0858. The Labute approximate surface area is 124 Å². The zero-order valence-electron chi connectivity index (χ0n) is 11.5. The van der Waals surface area contributed by atoms with Crippen molar-refractivity contribution >= 4 is 29.6 Å². The standard InChI is InChI=1S/C12H17ClO5S2/c1-9-7-11(18-5-4-6-19(3,14)15)8-10(2)12(9)20(13,16)17/h7-8H,4-6H2,1-3H3. The van der Waals surface area contributed by atoms with Crippen LogP contribution >= 0.6 is 10.7 Å². The zero-order chi connectivity index (χ0) is 15.6. The first-order valence-corrected chi connectivity index (χ1v) is 10.2. The van der Waals surface area contributed by atoms with Gasteiger partial charge in [-0.15, -0.1) is 0 Å². The summed E-state index contributed by atoms with van der Waals surface area (Å²) in [6, 6.07) is 3.14. The fourth-order valence-electron chi connectivity index (χ4n) is 1.89. The third-order valence-corrected chi connectivity index (χ3v) is 5.23. The topological polar surface area (TPSA) is 77.5 Å². The van der Waals surface area contributed by atoms with Crippen LogP contribution in [-0.2, 0) is 18.9 Å². The summed E-state index contributed by atoms with van der Waals surface area (Å²) in [6.45, 7) is 3.51. The predicted molar refractivity (Wildman–Crippen MR) is 78.8 cm³/mol. The Morgan fingerprint density at radius 2 is 1.60 bits per heavy atom. The lowest BCUT2D eigenvalue weighted by atomic mass is 10.1. The molecular weight excluding hydrogens is 324 g/mol. The number of benzene rings is 1. The van der Waals surface area contributed by atoms with E-state index in [1.54, 1.807) is 26.0 Å². The van der Waals surface area contributed by atoms with E-state index in [1.807, 2.05) is 0 Å². The van der Waals surface area contributed by atoms with Crippen molar-refractivity contribution in [3.8, 4) is 5.75 Å². The second-order valence-electron chi connectivity index (χ2n) is 4.66. The Kier molecular flexibility index (Phi) is 5.46. The van der Waals surface area contributed by atoms with Crippen molar-refractivity contribution in [3.05, 3.63) is 23.3 Å².